The molecule has 0 saturated heterocycles. The van der Waals surface area contributed by atoms with Gasteiger partial charge >= 0.3 is 0 Å². The highest BCUT2D eigenvalue weighted by Gasteiger charge is 2.02. The van der Waals surface area contributed by atoms with Crippen molar-refractivity contribution in [2.24, 2.45) is 0 Å². The van der Waals surface area contributed by atoms with Crippen molar-refractivity contribution in [1.82, 2.24) is 0 Å². The Morgan fingerprint density at radius 3 is 2.17 bits per heavy atom. The van der Waals surface area contributed by atoms with Gasteiger partial charge < -0.3 is 10.6 Å². The number of carbonyl (C=O) groups excluding carboxylic acids is 2. The molecule has 0 spiro atoms. The molecule has 0 aliphatic heterocycles. The van der Waals surface area contributed by atoms with Gasteiger partial charge in [0.1, 0.15) is 6.42 Å². The molecule has 0 aliphatic carbocycles. The van der Waals surface area contributed by atoms with Crippen LogP contribution in [0.15, 0.2) is 59.1 Å². The van der Waals surface area contributed by atoms with Crippen LogP contribution >= 0.6 is 15.9 Å². The zero-order valence-corrected chi connectivity index (χ0v) is 14.2. The van der Waals surface area contributed by atoms with Crippen LogP contribution in [0.3, 0.4) is 0 Å². The highest BCUT2D eigenvalue weighted by atomic mass is 79.9. The summed E-state index contributed by atoms with van der Waals surface area (Å²) in [7, 11) is 0. The first-order chi connectivity index (χ1) is 11.6. The summed E-state index contributed by atoms with van der Waals surface area (Å²) in [6.07, 6.45) is 2.98. The second kappa shape index (κ2) is 8.65. The number of nitriles is 1. The van der Waals surface area contributed by atoms with Gasteiger partial charge in [-0.05, 0) is 48.0 Å². The molecule has 120 valence electrons. The van der Waals surface area contributed by atoms with E-state index in [1.54, 1.807) is 36.4 Å². The summed E-state index contributed by atoms with van der Waals surface area (Å²) >= 11 is 3.35. The molecule has 24 heavy (non-hydrogen) atoms. The van der Waals surface area contributed by atoms with E-state index in [-0.39, 0.29) is 18.2 Å². The molecule has 2 aromatic rings. The van der Waals surface area contributed by atoms with Crippen LogP contribution in [-0.2, 0) is 9.59 Å². The number of amides is 2. The normalized spacial score (nSPS) is 10.2. The lowest BCUT2D eigenvalue weighted by atomic mass is 10.2. The molecule has 2 aromatic carbocycles. The quantitative estimate of drug-likeness (QED) is 0.766. The Hall–Kier alpha value is -2.91. The van der Waals surface area contributed by atoms with Crippen LogP contribution in [0.25, 0.3) is 6.08 Å². The standard InChI is InChI=1S/C18H14BrN3O2/c19-14-4-1-13(2-5-14)3-10-17(23)21-15-6-8-16(9-7-15)22-18(24)11-12-20/h1-10H,11H2,(H,21,23)(H,22,24)/b10-3+. The molecule has 5 nitrogen and oxygen atoms in total. The average molecular weight is 384 g/mol. The first-order valence-corrected chi connectivity index (χ1v) is 7.87. The van der Waals surface area contributed by atoms with E-state index in [1.165, 1.54) is 6.08 Å². The van der Waals surface area contributed by atoms with E-state index in [4.69, 9.17) is 5.26 Å². The molecule has 2 rings (SSSR count). The summed E-state index contributed by atoms with van der Waals surface area (Å²) < 4.78 is 0.978. The average Bonchev–Trinajstić information content (AvgIpc) is 2.56. The van der Waals surface area contributed by atoms with E-state index in [0.29, 0.717) is 11.4 Å². The lowest BCUT2D eigenvalue weighted by Crippen LogP contribution is -2.10. The third kappa shape index (κ3) is 5.71. The number of nitrogens with one attached hydrogen (secondary N) is 2. The van der Waals surface area contributed by atoms with E-state index >= 15 is 0 Å². The predicted octanol–water partition coefficient (Wildman–Crippen LogP) is 3.95. The van der Waals surface area contributed by atoms with Crippen molar-refractivity contribution in [3.05, 3.63) is 64.6 Å². The Bertz CT molecular complexity index is 791. The Kier molecular flexibility index (Phi) is 6.29. The van der Waals surface area contributed by atoms with Crippen LogP contribution in [-0.4, -0.2) is 11.8 Å². The second-order valence-electron chi connectivity index (χ2n) is 4.83. The maximum absolute atomic E-state index is 11.9. The number of rotatable bonds is 5. The summed E-state index contributed by atoms with van der Waals surface area (Å²) in [5, 5.41) is 13.7. The van der Waals surface area contributed by atoms with Gasteiger partial charge in [-0.2, -0.15) is 5.26 Å². The van der Waals surface area contributed by atoms with E-state index in [2.05, 4.69) is 26.6 Å². The van der Waals surface area contributed by atoms with Gasteiger partial charge in [-0.3, -0.25) is 9.59 Å². The van der Waals surface area contributed by atoms with Crippen molar-refractivity contribution >= 4 is 45.2 Å². The highest BCUT2D eigenvalue weighted by Crippen LogP contribution is 2.14. The van der Waals surface area contributed by atoms with Crippen molar-refractivity contribution in [3.8, 4) is 6.07 Å². The third-order valence-electron chi connectivity index (χ3n) is 2.97. The number of halogens is 1. The van der Waals surface area contributed by atoms with Gasteiger partial charge in [-0.25, -0.2) is 0 Å². The maximum atomic E-state index is 11.9. The molecule has 0 aromatic heterocycles. The highest BCUT2D eigenvalue weighted by molar-refractivity contribution is 9.10. The largest absolute Gasteiger partial charge is 0.325 e. The fourth-order valence-electron chi connectivity index (χ4n) is 1.84. The van der Waals surface area contributed by atoms with Crippen molar-refractivity contribution in [3.63, 3.8) is 0 Å². The maximum Gasteiger partial charge on any atom is 0.248 e. The van der Waals surface area contributed by atoms with Crippen molar-refractivity contribution in [2.75, 3.05) is 10.6 Å². The lowest BCUT2D eigenvalue weighted by Gasteiger charge is -2.05. The number of benzene rings is 2. The lowest BCUT2D eigenvalue weighted by molar-refractivity contribution is -0.115. The molecule has 2 N–H and O–H groups in total. The van der Waals surface area contributed by atoms with Gasteiger partial charge in [0.05, 0.1) is 6.07 Å². The van der Waals surface area contributed by atoms with Crippen molar-refractivity contribution < 1.29 is 9.59 Å². The smallest absolute Gasteiger partial charge is 0.248 e. The molecule has 2 amide bonds. The summed E-state index contributed by atoms with van der Waals surface area (Å²) in [4.78, 5) is 23.2. The second-order valence-corrected chi connectivity index (χ2v) is 5.75. The number of carbonyl (C=O) groups is 2. The van der Waals surface area contributed by atoms with Crippen LogP contribution in [0.5, 0.6) is 0 Å². The fraction of sp³-hybridized carbons (Fsp3) is 0.0556. The van der Waals surface area contributed by atoms with Gasteiger partial charge in [0, 0.05) is 21.9 Å². The molecule has 0 unspecified atom stereocenters. The number of anilines is 2. The summed E-state index contributed by atoms with van der Waals surface area (Å²) in [5.74, 6) is -0.620. The number of nitrogens with zero attached hydrogens (tertiary/aromatic N) is 1. The summed E-state index contributed by atoms with van der Waals surface area (Å²) in [6, 6.07) is 16.0. The molecule has 0 heterocycles. The first kappa shape index (κ1) is 17.4. The van der Waals surface area contributed by atoms with Gasteiger partial charge in [-0.15, -0.1) is 0 Å². The molecule has 0 saturated carbocycles. The Labute approximate surface area is 148 Å². The zero-order chi connectivity index (χ0) is 17.4. The summed E-state index contributed by atoms with van der Waals surface area (Å²) in [5.41, 5.74) is 2.10. The third-order valence-corrected chi connectivity index (χ3v) is 3.50. The van der Waals surface area contributed by atoms with Crippen LogP contribution in [0.1, 0.15) is 12.0 Å². The van der Waals surface area contributed by atoms with E-state index in [1.807, 2.05) is 24.3 Å². The fourth-order valence-corrected chi connectivity index (χ4v) is 2.11. The Morgan fingerprint density at radius 2 is 1.58 bits per heavy atom. The van der Waals surface area contributed by atoms with Crippen LogP contribution in [0, 0.1) is 11.3 Å². The Balaban J connectivity index is 1.91. The minimum Gasteiger partial charge on any atom is -0.325 e. The monoisotopic (exact) mass is 383 g/mol. The molecular formula is C18H14BrN3O2. The minimum absolute atomic E-state index is 0.195. The van der Waals surface area contributed by atoms with Gasteiger partial charge in [-0.1, -0.05) is 28.1 Å². The van der Waals surface area contributed by atoms with E-state index in [9.17, 15) is 9.59 Å². The zero-order valence-electron chi connectivity index (χ0n) is 12.6. The molecule has 0 aliphatic rings. The van der Waals surface area contributed by atoms with Crippen molar-refractivity contribution in [1.29, 1.82) is 5.26 Å². The minimum atomic E-state index is -0.369. The SMILES string of the molecule is N#CCC(=O)Nc1ccc(NC(=O)/C=C/c2ccc(Br)cc2)cc1. The van der Waals surface area contributed by atoms with Gasteiger partial charge in [0.15, 0.2) is 0 Å². The number of hydrogen-bond acceptors (Lipinski definition) is 3. The van der Waals surface area contributed by atoms with E-state index < -0.39 is 0 Å². The molecule has 0 bridgehead atoms. The number of hydrogen-bond donors (Lipinski definition) is 2. The summed E-state index contributed by atoms with van der Waals surface area (Å²) in [6.45, 7) is 0. The van der Waals surface area contributed by atoms with Crippen LogP contribution < -0.4 is 10.6 Å². The Morgan fingerprint density at radius 1 is 1.00 bits per heavy atom. The van der Waals surface area contributed by atoms with Crippen LogP contribution in [0.4, 0.5) is 11.4 Å². The van der Waals surface area contributed by atoms with Gasteiger partial charge in [0.25, 0.3) is 0 Å². The molecule has 0 fully saturated rings. The topological polar surface area (TPSA) is 82.0 Å². The molecule has 6 heteroatoms. The van der Waals surface area contributed by atoms with Gasteiger partial charge in [0.2, 0.25) is 11.8 Å². The van der Waals surface area contributed by atoms with Crippen molar-refractivity contribution in [2.45, 2.75) is 6.42 Å². The molecular weight excluding hydrogens is 370 g/mol. The molecule has 0 atom stereocenters. The van der Waals surface area contributed by atoms with E-state index in [0.717, 1.165) is 10.0 Å². The first-order valence-electron chi connectivity index (χ1n) is 7.08. The predicted molar refractivity (Wildman–Crippen MR) is 97.1 cm³/mol. The molecule has 0 radical (unpaired) electrons. The van der Waals surface area contributed by atoms with Crippen LogP contribution in [0.2, 0.25) is 0 Å².